The van der Waals surface area contributed by atoms with Gasteiger partial charge in [-0.1, -0.05) is 18.2 Å². The molecule has 22 heavy (non-hydrogen) atoms. The zero-order valence-electron chi connectivity index (χ0n) is 12.8. The second kappa shape index (κ2) is 6.35. The molecular formula is C18H18N2O2. The van der Waals surface area contributed by atoms with E-state index in [2.05, 4.69) is 4.98 Å². The predicted molar refractivity (Wildman–Crippen MR) is 87.6 cm³/mol. The zero-order chi connectivity index (χ0) is 16.3. The number of carbonyl (C=O) groups is 1. The minimum absolute atomic E-state index is 0.0648. The van der Waals surface area contributed by atoms with E-state index in [-0.39, 0.29) is 17.0 Å². The van der Waals surface area contributed by atoms with Gasteiger partial charge >= 0.3 is 0 Å². The lowest BCUT2D eigenvalue weighted by Gasteiger charge is -2.09. The topological polar surface area (TPSA) is 74.0 Å². The summed E-state index contributed by atoms with van der Waals surface area (Å²) in [6.45, 7) is 5.68. The molecule has 0 spiro atoms. The van der Waals surface area contributed by atoms with Crippen LogP contribution in [0.25, 0.3) is 5.76 Å². The van der Waals surface area contributed by atoms with Crippen molar-refractivity contribution in [1.82, 2.24) is 4.98 Å². The fourth-order valence-corrected chi connectivity index (χ4v) is 2.14. The first-order chi connectivity index (χ1) is 10.5. The standard InChI is InChI=1S/C18H18N2O2/c1-11-6-7-14(9-13(11)3)17(21)15(10-19)18(22)16-12(2)5-4-8-20-16/h4-10,19,21H,1-3H3. The van der Waals surface area contributed by atoms with Crippen molar-refractivity contribution >= 4 is 17.8 Å². The summed E-state index contributed by atoms with van der Waals surface area (Å²) in [6.07, 6.45) is 2.40. The van der Waals surface area contributed by atoms with Crippen molar-refractivity contribution < 1.29 is 9.90 Å². The molecule has 0 saturated heterocycles. The summed E-state index contributed by atoms with van der Waals surface area (Å²) in [7, 11) is 0. The number of aliphatic hydroxyl groups is 1. The number of ketones is 1. The number of aromatic nitrogens is 1. The van der Waals surface area contributed by atoms with Crippen LogP contribution in [0.5, 0.6) is 0 Å². The van der Waals surface area contributed by atoms with Gasteiger partial charge in [-0.2, -0.15) is 0 Å². The molecule has 4 nitrogen and oxygen atoms in total. The third-order valence-electron chi connectivity index (χ3n) is 3.65. The number of pyridine rings is 1. The van der Waals surface area contributed by atoms with Gasteiger partial charge in [0.2, 0.25) is 5.78 Å². The number of Topliss-reactive ketones (excluding diaryl/α,β-unsaturated/α-hetero) is 1. The Morgan fingerprint density at radius 2 is 1.86 bits per heavy atom. The Kier molecular flexibility index (Phi) is 4.51. The van der Waals surface area contributed by atoms with Gasteiger partial charge in [0.15, 0.2) is 0 Å². The Morgan fingerprint density at radius 3 is 2.45 bits per heavy atom. The maximum absolute atomic E-state index is 12.5. The number of allylic oxidation sites excluding steroid dienone is 1. The van der Waals surface area contributed by atoms with E-state index in [0.29, 0.717) is 11.1 Å². The Bertz CT molecular complexity index is 776. The van der Waals surface area contributed by atoms with Crippen LogP contribution >= 0.6 is 0 Å². The zero-order valence-corrected chi connectivity index (χ0v) is 12.8. The number of rotatable bonds is 4. The van der Waals surface area contributed by atoms with Crippen molar-refractivity contribution in [1.29, 1.82) is 5.41 Å². The molecule has 2 aromatic rings. The van der Waals surface area contributed by atoms with E-state index in [4.69, 9.17) is 5.41 Å². The van der Waals surface area contributed by atoms with Crippen LogP contribution in [0.2, 0.25) is 0 Å². The third-order valence-corrected chi connectivity index (χ3v) is 3.65. The molecule has 0 fully saturated rings. The first kappa shape index (κ1) is 15.6. The quantitative estimate of drug-likeness (QED) is 0.390. The normalized spacial score (nSPS) is 11.8. The minimum atomic E-state index is -0.455. The molecule has 0 radical (unpaired) electrons. The molecule has 2 rings (SSSR count). The van der Waals surface area contributed by atoms with E-state index in [1.807, 2.05) is 19.9 Å². The van der Waals surface area contributed by atoms with Crippen LogP contribution in [0.4, 0.5) is 0 Å². The van der Waals surface area contributed by atoms with Crippen LogP contribution in [0.1, 0.15) is 32.7 Å². The lowest BCUT2D eigenvalue weighted by atomic mass is 9.99. The Labute approximate surface area is 129 Å². The third kappa shape index (κ3) is 2.96. The van der Waals surface area contributed by atoms with Gasteiger partial charge in [0.25, 0.3) is 0 Å². The monoisotopic (exact) mass is 294 g/mol. The number of hydrogen-bond donors (Lipinski definition) is 2. The highest BCUT2D eigenvalue weighted by molar-refractivity contribution is 6.24. The van der Waals surface area contributed by atoms with E-state index in [0.717, 1.165) is 17.3 Å². The Hall–Kier alpha value is -2.75. The van der Waals surface area contributed by atoms with E-state index in [9.17, 15) is 9.90 Å². The summed E-state index contributed by atoms with van der Waals surface area (Å²) >= 11 is 0. The molecule has 1 aromatic heterocycles. The van der Waals surface area contributed by atoms with Crippen molar-refractivity contribution in [3.63, 3.8) is 0 Å². The van der Waals surface area contributed by atoms with Gasteiger partial charge in [0, 0.05) is 18.0 Å². The minimum Gasteiger partial charge on any atom is -0.506 e. The van der Waals surface area contributed by atoms with Crippen LogP contribution in [0.15, 0.2) is 42.1 Å². The number of nitrogens with zero attached hydrogens (tertiary/aromatic N) is 1. The van der Waals surface area contributed by atoms with Crippen LogP contribution in [-0.2, 0) is 0 Å². The van der Waals surface area contributed by atoms with Crippen molar-refractivity contribution in [2.45, 2.75) is 20.8 Å². The van der Waals surface area contributed by atoms with Gasteiger partial charge < -0.3 is 10.5 Å². The summed E-state index contributed by atoms with van der Waals surface area (Å²) in [4.78, 5) is 16.6. The Balaban J connectivity index is 2.53. The highest BCUT2D eigenvalue weighted by atomic mass is 16.3. The largest absolute Gasteiger partial charge is 0.506 e. The molecule has 112 valence electrons. The van der Waals surface area contributed by atoms with Gasteiger partial charge in [-0.3, -0.25) is 9.78 Å². The smallest absolute Gasteiger partial charge is 0.216 e. The predicted octanol–water partition coefficient (Wildman–Crippen LogP) is 3.81. The number of nitrogens with one attached hydrogen (secondary N) is 1. The van der Waals surface area contributed by atoms with E-state index in [1.54, 1.807) is 31.2 Å². The molecule has 1 aromatic carbocycles. The molecule has 0 aliphatic heterocycles. The lowest BCUT2D eigenvalue weighted by Crippen LogP contribution is -2.11. The molecule has 0 unspecified atom stereocenters. The first-order valence-corrected chi connectivity index (χ1v) is 6.93. The first-order valence-electron chi connectivity index (χ1n) is 6.93. The summed E-state index contributed by atoms with van der Waals surface area (Å²) in [6, 6.07) is 8.92. The summed E-state index contributed by atoms with van der Waals surface area (Å²) in [5.41, 5.74) is 3.51. The van der Waals surface area contributed by atoms with E-state index >= 15 is 0 Å². The average Bonchev–Trinajstić information content (AvgIpc) is 2.51. The molecule has 0 atom stereocenters. The maximum Gasteiger partial charge on any atom is 0.216 e. The molecule has 1 heterocycles. The lowest BCUT2D eigenvalue weighted by molar-refractivity contribution is 0.103. The molecule has 0 saturated carbocycles. The summed E-state index contributed by atoms with van der Waals surface area (Å²) < 4.78 is 0. The maximum atomic E-state index is 12.5. The van der Waals surface area contributed by atoms with Gasteiger partial charge in [0.1, 0.15) is 11.5 Å². The van der Waals surface area contributed by atoms with Crippen LogP contribution in [0, 0.1) is 26.2 Å². The van der Waals surface area contributed by atoms with E-state index in [1.165, 1.54) is 6.20 Å². The van der Waals surface area contributed by atoms with Gasteiger partial charge in [-0.05, 0) is 49.6 Å². The van der Waals surface area contributed by atoms with Crippen molar-refractivity contribution in [3.05, 3.63) is 70.0 Å². The number of benzene rings is 1. The molecule has 0 amide bonds. The molecule has 0 aliphatic carbocycles. The highest BCUT2D eigenvalue weighted by Gasteiger charge is 2.19. The number of aliphatic hydroxyl groups excluding tert-OH is 1. The fraction of sp³-hybridized carbons (Fsp3) is 0.167. The number of carbonyl (C=O) groups excluding carboxylic acids is 1. The van der Waals surface area contributed by atoms with Crippen molar-refractivity contribution in [2.75, 3.05) is 0 Å². The second-order valence-corrected chi connectivity index (χ2v) is 5.20. The molecular weight excluding hydrogens is 276 g/mol. The van der Waals surface area contributed by atoms with Crippen LogP contribution < -0.4 is 0 Å². The van der Waals surface area contributed by atoms with Gasteiger partial charge in [-0.25, -0.2) is 0 Å². The van der Waals surface area contributed by atoms with Crippen LogP contribution in [0.3, 0.4) is 0 Å². The highest BCUT2D eigenvalue weighted by Crippen LogP contribution is 2.21. The van der Waals surface area contributed by atoms with Gasteiger partial charge in [0.05, 0.1) is 5.57 Å². The van der Waals surface area contributed by atoms with Crippen molar-refractivity contribution in [2.24, 2.45) is 0 Å². The second-order valence-electron chi connectivity index (χ2n) is 5.20. The summed E-state index contributed by atoms with van der Waals surface area (Å²) in [5, 5.41) is 17.9. The molecule has 0 aliphatic rings. The van der Waals surface area contributed by atoms with Gasteiger partial charge in [-0.15, -0.1) is 0 Å². The average molecular weight is 294 g/mol. The summed E-state index contributed by atoms with van der Waals surface area (Å²) in [5.74, 6) is -0.656. The van der Waals surface area contributed by atoms with Crippen molar-refractivity contribution in [3.8, 4) is 0 Å². The molecule has 2 N–H and O–H groups in total. The molecule has 4 heteroatoms. The molecule has 0 bridgehead atoms. The Morgan fingerprint density at radius 1 is 1.14 bits per heavy atom. The fourth-order valence-electron chi connectivity index (χ4n) is 2.14. The van der Waals surface area contributed by atoms with Crippen LogP contribution in [-0.4, -0.2) is 22.1 Å². The number of hydrogen-bond acceptors (Lipinski definition) is 4. The SMILES string of the molecule is Cc1ccc(C(O)=C(C=N)C(=O)c2ncccc2C)cc1C. The number of aryl methyl sites for hydroxylation is 3. The van der Waals surface area contributed by atoms with E-state index < -0.39 is 5.78 Å².